The van der Waals surface area contributed by atoms with E-state index in [4.69, 9.17) is 0 Å². The molecule has 0 fully saturated rings. The van der Waals surface area contributed by atoms with Crippen LogP contribution in [-0.4, -0.2) is 15.9 Å². The Balaban J connectivity index is 1.85. The number of nitrogens with zero attached hydrogens (tertiary/aromatic N) is 2. The van der Waals surface area contributed by atoms with Crippen molar-refractivity contribution in [1.29, 1.82) is 0 Å². The van der Waals surface area contributed by atoms with E-state index in [-0.39, 0.29) is 0 Å². The van der Waals surface area contributed by atoms with E-state index >= 15 is 0 Å². The van der Waals surface area contributed by atoms with E-state index in [0.717, 1.165) is 17.4 Å². The highest BCUT2D eigenvalue weighted by Gasteiger charge is 2.01. The number of aromatic nitrogens is 2. The van der Waals surface area contributed by atoms with Gasteiger partial charge in [-0.05, 0) is 41.7 Å². The quantitative estimate of drug-likeness (QED) is 0.879. The summed E-state index contributed by atoms with van der Waals surface area (Å²) in [4.78, 5) is 5.37. The Hall–Kier alpha value is -0.910. The lowest BCUT2D eigenvalue weighted by atomic mass is 10.2. The van der Waals surface area contributed by atoms with Gasteiger partial charge in [0.15, 0.2) is 4.34 Å². The standard InChI is InChI=1S/C13H17N3S2/c1-10(2)7-14-8-11-3-5-12(6-4-11)17-13-15-9-16-18-13/h3-6,9-10,14H,7-8H2,1-2H3. The first-order valence-electron chi connectivity index (χ1n) is 5.98. The van der Waals surface area contributed by atoms with Crippen molar-refractivity contribution in [2.75, 3.05) is 6.54 Å². The minimum Gasteiger partial charge on any atom is -0.312 e. The molecule has 3 nitrogen and oxygen atoms in total. The van der Waals surface area contributed by atoms with Gasteiger partial charge in [-0.15, -0.1) is 0 Å². The summed E-state index contributed by atoms with van der Waals surface area (Å²) in [5.74, 6) is 0.692. The second kappa shape index (κ2) is 6.87. The molecule has 1 N–H and O–H groups in total. The van der Waals surface area contributed by atoms with Crippen LogP contribution in [0, 0.1) is 5.92 Å². The summed E-state index contributed by atoms with van der Waals surface area (Å²) < 4.78 is 4.98. The van der Waals surface area contributed by atoms with Gasteiger partial charge in [0.05, 0.1) is 0 Å². The van der Waals surface area contributed by atoms with E-state index in [0.29, 0.717) is 5.92 Å². The molecule has 0 amide bonds. The van der Waals surface area contributed by atoms with E-state index in [1.54, 1.807) is 18.1 Å². The van der Waals surface area contributed by atoms with Crippen molar-refractivity contribution in [3.8, 4) is 0 Å². The second-order valence-electron chi connectivity index (χ2n) is 4.48. The molecule has 1 heterocycles. The normalized spacial score (nSPS) is 11.1. The van der Waals surface area contributed by atoms with Crippen molar-refractivity contribution in [2.45, 2.75) is 29.6 Å². The van der Waals surface area contributed by atoms with Crippen molar-refractivity contribution in [2.24, 2.45) is 5.92 Å². The first kappa shape index (κ1) is 13.5. The van der Waals surface area contributed by atoms with Crippen molar-refractivity contribution < 1.29 is 0 Å². The molecule has 2 rings (SSSR count). The lowest BCUT2D eigenvalue weighted by molar-refractivity contribution is 0.552. The first-order valence-corrected chi connectivity index (χ1v) is 7.57. The highest BCUT2D eigenvalue weighted by atomic mass is 32.2. The largest absolute Gasteiger partial charge is 0.312 e. The topological polar surface area (TPSA) is 37.8 Å². The molecule has 0 spiro atoms. The van der Waals surface area contributed by atoms with Crippen LogP contribution in [0.5, 0.6) is 0 Å². The Morgan fingerprint density at radius 3 is 2.67 bits per heavy atom. The Morgan fingerprint density at radius 1 is 1.28 bits per heavy atom. The van der Waals surface area contributed by atoms with Crippen molar-refractivity contribution in [1.82, 2.24) is 14.7 Å². The fourth-order valence-corrected chi connectivity index (χ4v) is 2.91. The average Bonchev–Trinajstić information content (AvgIpc) is 2.84. The molecule has 2 aromatic rings. The number of nitrogens with one attached hydrogen (secondary N) is 1. The Bertz CT molecular complexity index is 452. The minimum atomic E-state index is 0.692. The summed E-state index contributed by atoms with van der Waals surface area (Å²) in [6, 6.07) is 8.60. The second-order valence-corrected chi connectivity index (χ2v) is 6.58. The summed E-state index contributed by atoms with van der Waals surface area (Å²) >= 11 is 3.08. The monoisotopic (exact) mass is 279 g/mol. The van der Waals surface area contributed by atoms with E-state index in [1.807, 2.05) is 0 Å². The van der Waals surface area contributed by atoms with Gasteiger partial charge in [0.25, 0.3) is 0 Å². The molecule has 18 heavy (non-hydrogen) atoms. The molecule has 0 saturated heterocycles. The summed E-state index contributed by atoms with van der Waals surface area (Å²) in [5, 5.41) is 3.44. The van der Waals surface area contributed by atoms with Crippen molar-refractivity contribution in [3.05, 3.63) is 36.2 Å². The van der Waals surface area contributed by atoms with Crippen LogP contribution in [0.4, 0.5) is 0 Å². The molecule has 1 aromatic carbocycles. The van der Waals surface area contributed by atoms with E-state index < -0.39 is 0 Å². The molecule has 0 aliphatic carbocycles. The molecule has 0 radical (unpaired) electrons. The van der Waals surface area contributed by atoms with Gasteiger partial charge in [-0.1, -0.05) is 37.7 Å². The predicted molar refractivity (Wildman–Crippen MR) is 77.0 cm³/mol. The van der Waals surface area contributed by atoms with Gasteiger partial charge in [0, 0.05) is 11.4 Å². The van der Waals surface area contributed by atoms with Gasteiger partial charge in [-0.3, -0.25) is 0 Å². The fourth-order valence-electron chi connectivity index (χ4n) is 1.49. The van der Waals surface area contributed by atoms with Gasteiger partial charge in [-0.2, -0.15) is 4.37 Å². The molecular weight excluding hydrogens is 262 g/mol. The lowest BCUT2D eigenvalue weighted by Gasteiger charge is -2.07. The zero-order chi connectivity index (χ0) is 12.8. The number of benzene rings is 1. The van der Waals surface area contributed by atoms with Crippen molar-refractivity contribution >= 4 is 23.3 Å². The summed E-state index contributed by atoms with van der Waals surface area (Å²) in [6.45, 7) is 6.42. The average molecular weight is 279 g/mol. The molecule has 96 valence electrons. The van der Waals surface area contributed by atoms with Crippen LogP contribution in [0.15, 0.2) is 39.8 Å². The molecule has 0 bridgehead atoms. The third kappa shape index (κ3) is 4.40. The molecular formula is C13H17N3S2. The fraction of sp³-hybridized carbons (Fsp3) is 0.385. The van der Waals surface area contributed by atoms with Gasteiger partial charge >= 0.3 is 0 Å². The molecule has 1 aromatic heterocycles. The smallest absolute Gasteiger partial charge is 0.174 e. The van der Waals surface area contributed by atoms with Crippen LogP contribution in [-0.2, 0) is 6.54 Å². The maximum Gasteiger partial charge on any atom is 0.174 e. The third-order valence-corrected chi connectivity index (χ3v) is 4.07. The number of hydrogen-bond acceptors (Lipinski definition) is 5. The van der Waals surface area contributed by atoms with Crippen LogP contribution in [0.3, 0.4) is 0 Å². The highest BCUT2D eigenvalue weighted by molar-refractivity contribution is 8.01. The molecule has 0 unspecified atom stereocenters. The maximum atomic E-state index is 4.16. The van der Waals surface area contributed by atoms with E-state index in [9.17, 15) is 0 Å². The summed E-state index contributed by atoms with van der Waals surface area (Å²) in [5.41, 5.74) is 1.32. The van der Waals surface area contributed by atoms with E-state index in [2.05, 4.69) is 52.8 Å². The van der Waals surface area contributed by atoms with Gasteiger partial charge in [0.2, 0.25) is 0 Å². The molecule has 0 saturated carbocycles. The van der Waals surface area contributed by atoms with E-state index in [1.165, 1.54) is 22.0 Å². The summed E-state index contributed by atoms with van der Waals surface area (Å²) in [7, 11) is 0. The van der Waals surface area contributed by atoms with Gasteiger partial charge < -0.3 is 5.32 Å². The zero-order valence-electron chi connectivity index (χ0n) is 10.6. The molecule has 0 aliphatic heterocycles. The summed E-state index contributed by atoms with van der Waals surface area (Å²) in [6.07, 6.45) is 1.59. The first-order chi connectivity index (χ1) is 8.74. The Kier molecular flexibility index (Phi) is 5.16. The lowest BCUT2D eigenvalue weighted by Crippen LogP contribution is -2.18. The Labute approximate surface area is 116 Å². The Morgan fingerprint density at radius 2 is 2.06 bits per heavy atom. The van der Waals surface area contributed by atoms with Gasteiger partial charge in [-0.25, -0.2) is 4.98 Å². The zero-order valence-corrected chi connectivity index (χ0v) is 12.2. The van der Waals surface area contributed by atoms with Crippen LogP contribution < -0.4 is 5.32 Å². The van der Waals surface area contributed by atoms with Crippen LogP contribution in [0.1, 0.15) is 19.4 Å². The van der Waals surface area contributed by atoms with Crippen LogP contribution in [0.2, 0.25) is 0 Å². The highest BCUT2D eigenvalue weighted by Crippen LogP contribution is 2.27. The van der Waals surface area contributed by atoms with Crippen molar-refractivity contribution in [3.63, 3.8) is 0 Å². The molecule has 0 atom stereocenters. The molecule has 5 heteroatoms. The van der Waals surface area contributed by atoms with Gasteiger partial charge in [0.1, 0.15) is 6.33 Å². The maximum absolute atomic E-state index is 4.16. The number of hydrogen-bond donors (Lipinski definition) is 1. The third-order valence-electron chi connectivity index (χ3n) is 2.35. The SMILES string of the molecule is CC(C)CNCc1ccc(Sc2ncns2)cc1. The molecule has 0 aliphatic rings. The van der Waals surface area contributed by atoms with Crippen LogP contribution in [0.25, 0.3) is 0 Å². The van der Waals surface area contributed by atoms with Crippen LogP contribution >= 0.6 is 23.3 Å². The minimum absolute atomic E-state index is 0.692. The number of rotatable bonds is 6. The predicted octanol–water partition coefficient (Wildman–Crippen LogP) is 3.43.